The number of nitriles is 1. The second-order valence-corrected chi connectivity index (χ2v) is 6.03. The fourth-order valence-corrected chi connectivity index (χ4v) is 2.43. The molecule has 0 radical (unpaired) electrons. The van der Waals surface area contributed by atoms with Crippen LogP contribution in [0.1, 0.15) is 28.7 Å². The molecule has 2 nitrogen and oxygen atoms in total. The Balaban J connectivity index is 2.15. The molecule has 0 bridgehead atoms. The van der Waals surface area contributed by atoms with Crippen LogP contribution in [0.3, 0.4) is 0 Å². The van der Waals surface area contributed by atoms with Gasteiger partial charge in [0.25, 0.3) is 0 Å². The van der Waals surface area contributed by atoms with Crippen LogP contribution in [0.15, 0.2) is 48.5 Å². The number of nitrogens with zero attached hydrogens (tertiary/aromatic N) is 2. The topological polar surface area (TPSA) is 27.0 Å². The number of hydrogen-bond acceptors (Lipinski definition) is 2. The van der Waals surface area contributed by atoms with E-state index >= 15 is 0 Å². The minimum absolute atomic E-state index is 0.285. The second kappa shape index (κ2) is 7.72. The summed E-state index contributed by atoms with van der Waals surface area (Å²) < 4.78 is 0. The Kier molecular flexibility index (Phi) is 5.68. The molecule has 0 amide bonds. The van der Waals surface area contributed by atoms with Gasteiger partial charge < -0.3 is 4.90 Å². The van der Waals surface area contributed by atoms with Gasteiger partial charge in [0.1, 0.15) is 0 Å². The van der Waals surface area contributed by atoms with E-state index in [0.717, 1.165) is 13.1 Å². The summed E-state index contributed by atoms with van der Waals surface area (Å²) in [6.45, 7) is 5.62. The van der Waals surface area contributed by atoms with Gasteiger partial charge in [-0.1, -0.05) is 71.9 Å². The van der Waals surface area contributed by atoms with Crippen molar-refractivity contribution in [2.24, 2.45) is 0 Å². The highest BCUT2D eigenvalue weighted by Crippen LogP contribution is 2.14. The molecule has 2 rings (SSSR count). The van der Waals surface area contributed by atoms with Crippen LogP contribution in [0.25, 0.3) is 0 Å². The van der Waals surface area contributed by atoms with Gasteiger partial charge in [-0.15, -0.1) is 0 Å². The first-order chi connectivity index (χ1) is 10.6. The molecule has 22 heavy (non-hydrogen) atoms. The van der Waals surface area contributed by atoms with E-state index in [1.807, 2.05) is 0 Å². The quantitative estimate of drug-likeness (QED) is 0.758. The SMILES string of the molecule is Cc1ccc(CN(Cc2ccc(C)cc2)C(=S)CC#N)cc1. The molecule has 0 saturated heterocycles. The van der Waals surface area contributed by atoms with Gasteiger partial charge in [-0.3, -0.25) is 0 Å². The molecule has 2 aromatic carbocycles. The van der Waals surface area contributed by atoms with Gasteiger partial charge >= 0.3 is 0 Å². The predicted molar refractivity (Wildman–Crippen MR) is 94.4 cm³/mol. The molecule has 0 saturated carbocycles. The number of thiocarbonyl (C=S) groups is 1. The van der Waals surface area contributed by atoms with E-state index in [-0.39, 0.29) is 6.42 Å². The van der Waals surface area contributed by atoms with Crippen LogP contribution in [-0.2, 0) is 13.1 Å². The molecule has 0 N–H and O–H groups in total. The minimum atomic E-state index is 0.285. The maximum Gasteiger partial charge on any atom is 0.0928 e. The molecule has 0 aliphatic carbocycles. The smallest absolute Gasteiger partial charge is 0.0928 e. The molecule has 0 fully saturated rings. The van der Waals surface area contributed by atoms with Crippen LogP contribution in [0, 0.1) is 25.2 Å². The van der Waals surface area contributed by atoms with Crippen LogP contribution in [0.4, 0.5) is 0 Å². The first kappa shape index (κ1) is 16.2. The van der Waals surface area contributed by atoms with Gasteiger partial charge in [-0.2, -0.15) is 5.26 Å². The van der Waals surface area contributed by atoms with E-state index in [9.17, 15) is 0 Å². The minimum Gasteiger partial charge on any atom is -0.357 e. The van der Waals surface area contributed by atoms with Crippen molar-refractivity contribution in [3.63, 3.8) is 0 Å². The lowest BCUT2D eigenvalue weighted by Crippen LogP contribution is -2.28. The molecule has 0 spiro atoms. The highest BCUT2D eigenvalue weighted by Gasteiger charge is 2.11. The first-order valence-corrected chi connectivity index (χ1v) is 7.75. The van der Waals surface area contributed by atoms with Gasteiger partial charge in [0.15, 0.2) is 0 Å². The lowest BCUT2D eigenvalue weighted by Gasteiger charge is -2.24. The summed E-state index contributed by atoms with van der Waals surface area (Å²) in [6, 6.07) is 19.0. The van der Waals surface area contributed by atoms with Crippen LogP contribution in [0.5, 0.6) is 0 Å². The lowest BCUT2D eigenvalue weighted by atomic mass is 10.1. The maximum absolute atomic E-state index is 8.93. The lowest BCUT2D eigenvalue weighted by molar-refractivity contribution is 0.409. The fourth-order valence-electron chi connectivity index (χ4n) is 2.24. The highest BCUT2D eigenvalue weighted by atomic mass is 32.1. The molecule has 3 heteroatoms. The van der Waals surface area contributed by atoms with Crippen molar-refractivity contribution in [2.75, 3.05) is 0 Å². The average molecular weight is 308 g/mol. The summed E-state index contributed by atoms with van der Waals surface area (Å²) in [7, 11) is 0. The van der Waals surface area contributed by atoms with Gasteiger partial charge in [-0.05, 0) is 25.0 Å². The summed E-state index contributed by atoms with van der Waals surface area (Å²) in [5, 5.41) is 8.93. The van der Waals surface area contributed by atoms with Gasteiger partial charge in [0.05, 0.1) is 17.5 Å². The van der Waals surface area contributed by atoms with Crippen LogP contribution in [0.2, 0.25) is 0 Å². The third-order valence-corrected chi connectivity index (χ3v) is 3.97. The zero-order valence-corrected chi connectivity index (χ0v) is 13.9. The molecule has 0 aliphatic heterocycles. The monoisotopic (exact) mass is 308 g/mol. The molecular formula is C19H20N2S. The van der Waals surface area contributed by atoms with E-state index in [1.54, 1.807) is 0 Å². The number of rotatable bonds is 5. The van der Waals surface area contributed by atoms with E-state index in [0.29, 0.717) is 4.99 Å². The highest BCUT2D eigenvalue weighted by molar-refractivity contribution is 7.80. The largest absolute Gasteiger partial charge is 0.357 e. The van der Waals surface area contributed by atoms with Crippen LogP contribution in [-0.4, -0.2) is 9.89 Å². The van der Waals surface area contributed by atoms with E-state index < -0.39 is 0 Å². The molecule has 0 aliphatic rings. The van der Waals surface area contributed by atoms with E-state index in [4.69, 9.17) is 17.5 Å². The first-order valence-electron chi connectivity index (χ1n) is 7.34. The molecule has 2 aromatic rings. The van der Waals surface area contributed by atoms with E-state index in [1.165, 1.54) is 22.3 Å². The molecule has 0 atom stereocenters. The zero-order valence-electron chi connectivity index (χ0n) is 13.0. The number of hydrogen-bond donors (Lipinski definition) is 0. The third kappa shape index (κ3) is 4.68. The van der Waals surface area contributed by atoms with Crippen molar-refractivity contribution in [1.82, 2.24) is 4.90 Å². The van der Waals surface area contributed by atoms with Gasteiger partial charge in [0, 0.05) is 13.1 Å². The Bertz CT molecular complexity index is 619. The normalized spacial score (nSPS) is 10.0. The summed E-state index contributed by atoms with van der Waals surface area (Å²) >= 11 is 5.43. The molecule has 112 valence electrons. The predicted octanol–water partition coefficient (Wildman–Crippen LogP) is 4.55. The summed E-state index contributed by atoms with van der Waals surface area (Å²) in [5.74, 6) is 0. The molecular weight excluding hydrogens is 288 g/mol. The Labute approximate surface area is 138 Å². The Morgan fingerprint density at radius 2 is 1.32 bits per heavy atom. The van der Waals surface area contributed by atoms with Crippen molar-refractivity contribution in [3.05, 3.63) is 70.8 Å². The number of benzene rings is 2. The van der Waals surface area contributed by atoms with Crippen molar-refractivity contribution >= 4 is 17.2 Å². The van der Waals surface area contributed by atoms with Gasteiger partial charge in [-0.25, -0.2) is 0 Å². The van der Waals surface area contributed by atoms with Crippen molar-refractivity contribution in [1.29, 1.82) is 5.26 Å². The zero-order chi connectivity index (χ0) is 15.9. The third-order valence-electron chi connectivity index (χ3n) is 3.57. The van der Waals surface area contributed by atoms with Crippen LogP contribution < -0.4 is 0 Å². The maximum atomic E-state index is 8.93. The summed E-state index contributed by atoms with van der Waals surface area (Å²) in [4.78, 5) is 2.80. The summed E-state index contributed by atoms with van der Waals surface area (Å²) in [5.41, 5.74) is 4.90. The van der Waals surface area contributed by atoms with Crippen LogP contribution >= 0.6 is 12.2 Å². The Hall–Kier alpha value is -2.18. The Morgan fingerprint density at radius 3 is 1.68 bits per heavy atom. The fraction of sp³-hybridized carbons (Fsp3) is 0.263. The second-order valence-electron chi connectivity index (χ2n) is 5.56. The Morgan fingerprint density at radius 1 is 0.909 bits per heavy atom. The standard InChI is InChI=1S/C19H20N2S/c1-15-3-7-17(8-4-15)13-21(19(22)11-12-20)14-18-9-5-16(2)6-10-18/h3-10H,11,13-14H2,1-2H3. The van der Waals surface area contributed by atoms with Gasteiger partial charge in [0.2, 0.25) is 0 Å². The molecule has 0 unspecified atom stereocenters. The average Bonchev–Trinajstić information content (AvgIpc) is 2.51. The number of aryl methyl sites for hydroxylation is 2. The van der Waals surface area contributed by atoms with Crippen molar-refractivity contribution in [3.8, 4) is 6.07 Å². The molecule has 0 aromatic heterocycles. The van der Waals surface area contributed by atoms with E-state index in [2.05, 4.69) is 73.3 Å². The molecule has 0 heterocycles. The van der Waals surface area contributed by atoms with Crippen molar-refractivity contribution < 1.29 is 0 Å². The summed E-state index contributed by atoms with van der Waals surface area (Å²) in [6.07, 6.45) is 0.285. The van der Waals surface area contributed by atoms with Crippen molar-refractivity contribution in [2.45, 2.75) is 33.4 Å².